The Labute approximate surface area is 168 Å². The number of hydrogen-bond donors (Lipinski definition) is 0. The molecule has 2 amide bonds. The van der Waals surface area contributed by atoms with E-state index in [1.54, 1.807) is 6.92 Å². The van der Waals surface area contributed by atoms with Crippen molar-refractivity contribution in [1.82, 2.24) is 15.1 Å². The van der Waals surface area contributed by atoms with E-state index in [0.29, 0.717) is 18.7 Å². The number of nitrogens with zero attached hydrogens (tertiary/aromatic N) is 3. The van der Waals surface area contributed by atoms with Gasteiger partial charge in [0.1, 0.15) is 6.04 Å². The van der Waals surface area contributed by atoms with Crippen LogP contribution in [0, 0.1) is 11.8 Å². The molecule has 3 unspecified atom stereocenters. The van der Waals surface area contributed by atoms with Crippen LogP contribution in [0.4, 0.5) is 0 Å². The normalized spacial score (nSPS) is 23.6. The summed E-state index contributed by atoms with van der Waals surface area (Å²) in [6, 6.07) is 8.27. The molecule has 0 spiro atoms. The van der Waals surface area contributed by atoms with Gasteiger partial charge >= 0.3 is 5.97 Å². The second-order valence-corrected chi connectivity index (χ2v) is 7.61. The quantitative estimate of drug-likeness (QED) is 0.564. The lowest BCUT2D eigenvalue weighted by Gasteiger charge is -2.22. The number of fused-ring (bicyclic) bond motifs is 1. The molecule has 8 heteroatoms. The van der Waals surface area contributed by atoms with Crippen LogP contribution in [0.25, 0.3) is 11.5 Å². The fourth-order valence-electron chi connectivity index (χ4n) is 4.09. The van der Waals surface area contributed by atoms with Crippen molar-refractivity contribution in [3.8, 4) is 11.5 Å². The predicted molar refractivity (Wildman–Crippen MR) is 101 cm³/mol. The first-order valence-electron chi connectivity index (χ1n) is 9.93. The maximum absolute atomic E-state index is 12.7. The second-order valence-electron chi connectivity index (χ2n) is 7.61. The summed E-state index contributed by atoms with van der Waals surface area (Å²) in [6.45, 7) is 3.13. The Morgan fingerprint density at radius 1 is 1.07 bits per heavy atom. The van der Waals surface area contributed by atoms with E-state index >= 15 is 0 Å². The lowest BCUT2D eigenvalue weighted by atomic mass is 9.81. The van der Waals surface area contributed by atoms with Gasteiger partial charge in [-0.25, -0.2) is 4.79 Å². The van der Waals surface area contributed by atoms with Gasteiger partial charge < -0.3 is 9.15 Å². The molecule has 1 aliphatic carbocycles. The Bertz CT molecular complexity index is 901. The van der Waals surface area contributed by atoms with Crippen LogP contribution in [0.15, 0.2) is 34.7 Å². The van der Waals surface area contributed by atoms with E-state index in [0.717, 1.165) is 23.3 Å². The van der Waals surface area contributed by atoms with Crippen molar-refractivity contribution in [2.45, 2.75) is 51.7 Å². The van der Waals surface area contributed by atoms with Crippen LogP contribution in [-0.4, -0.2) is 38.9 Å². The molecule has 1 aromatic heterocycles. The zero-order valence-corrected chi connectivity index (χ0v) is 16.4. The number of amides is 2. The van der Waals surface area contributed by atoms with Crippen LogP contribution in [-0.2, 0) is 19.1 Å². The number of hydrogen-bond acceptors (Lipinski definition) is 7. The zero-order valence-electron chi connectivity index (χ0n) is 16.4. The van der Waals surface area contributed by atoms with E-state index in [9.17, 15) is 14.4 Å². The number of carbonyl (C=O) groups is 3. The molecule has 1 aliphatic heterocycles. The van der Waals surface area contributed by atoms with E-state index in [2.05, 4.69) is 10.2 Å². The monoisotopic (exact) mass is 397 g/mol. The maximum Gasteiger partial charge on any atom is 0.329 e. The van der Waals surface area contributed by atoms with E-state index in [4.69, 9.17) is 9.15 Å². The Kier molecular flexibility index (Phi) is 5.17. The molecule has 1 saturated heterocycles. The van der Waals surface area contributed by atoms with Crippen LogP contribution < -0.4 is 0 Å². The highest BCUT2D eigenvalue weighted by atomic mass is 16.6. The average Bonchev–Trinajstić information content (AvgIpc) is 3.33. The number of esters is 1. The molecule has 2 fully saturated rings. The fourth-order valence-corrected chi connectivity index (χ4v) is 4.09. The smallest absolute Gasteiger partial charge is 0.329 e. The second kappa shape index (κ2) is 7.77. The van der Waals surface area contributed by atoms with Gasteiger partial charge in [-0.15, -0.1) is 10.2 Å². The molecule has 0 bridgehead atoms. The first-order chi connectivity index (χ1) is 14.0. The Hall–Kier alpha value is -3.03. The number of rotatable bonds is 5. The van der Waals surface area contributed by atoms with E-state index in [1.165, 1.54) is 6.92 Å². The molecule has 2 heterocycles. The van der Waals surface area contributed by atoms with Gasteiger partial charge in [-0.1, -0.05) is 31.0 Å². The topological polar surface area (TPSA) is 103 Å². The summed E-state index contributed by atoms with van der Waals surface area (Å²) in [4.78, 5) is 39.0. The van der Waals surface area contributed by atoms with Crippen molar-refractivity contribution < 1.29 is 23.5 Å². The standard InChI is InChI=1S/C21H23N3O5/c1-12(24-19(25)15-10-6-7-11-16(15)20(24)26)21(27)28-13(2)17-22-23-18(29-17)14-8-4-3-5-9-14/h3-5,8-9,12-13,15-16H,6-7,10-11H2,1-2H3/t12-,13?,15?,16?/m0/s1. The molecule has 0 radical (unpaired) electrons. The molecule has 1 aromatic carbocycles. The summed E-state index contributed by atoms with van der Waals surface area (Å²) >= 11 is 0. The Morgan fingerprint density at radius 2 is 1.69 bits per heavy atom. The first-order valence-corrected chi connectivity index (χ1v) is 9.93. The average molecular weight is 397 g/mol. The Morgan fingerprint density at radius 3 is 2.31 bits per heavy atom. The van der Waals surface area contributed by atoms with Gasteiger partial charge in [0.2, 0.25) is 17.7 Å². The van der Waals surface area contributed by atoms with Gasteiger partial charge in [0.25, 0.3) is 5.89 Å². The van der Waals surface area contributed by atoms with Gasteiger partial charge in [0.15, 0.2) is 6.10 Å². The maximum atomic E-state index is 12.7. The van der Waals surface area contributed by atoms with Gasteiger partial charge in [-0.05, 0) is 38.8 Å². The summed E-state index contributed by atoms with van der Waals surface area (Å²) in [5, 5.41) is 7.93. The van der Waals surface area contributed by atoms with Gasteiger partial charge in [-0.3, -0.25) is 14.5 Å². The predicted octanol–water partition coefficient (Wildman–Crippen LogP) is 2.90. The summed E-state index contributed by atoms with van der Waals surface area (Å²) in [6.07, 6.45) is 2.47. The number of aromatic nitrogens is 2. The first kappa shape index (κ1) is 19.3. The van der Waals surface area contributed by atoms with E-state index in [1.807, 2.05) is 30.3 Å². The largest absolute Gasteiger partial charge is 0.451 e. The van der Waals surface area contributed by atoms with Gasteiger partial charge in [-0.2, -0.15) is 0 Å². The summed E-state index contributed by atoms with van der Waals surface area (Å²) < 4.78 is 11.0. The molecule has 152 valence electrons. The highest BCUT2D eigenvalue weighted by Gasteiger charge is 2.51. The fraction of sp³-hybridized carbons (Fsp3) is 0.476. The lowest BCUT2D eigenvalue weighted by molar-refractivity contribution is -0.162. The minimum Gasteiger partial charge on any atom is -0.451 e. The van der Waals surface area contributed by atoms with Crippen molar-refractivity contribution in [3.63, 3.8) is 0 Å². The molecule has 8 nitrogen and oxygen atoms in total. The van der Waals surface area contributed by atoms with Crippen molar-refractivity contribution in [2.24, 2.45) is 11.8 Å². The number of ether oxygens (including phenoxy) is 1. The molecule has 0 N–H and O–H groups in total. The summed E-state index contributed by atoms with van der Waals surface area (Å²) in [7, 11) is 0. The Balaban J connectivity index is 1.43. The third-order valence-electron chi connectivity index (χ3n) is 5.71. The molecule has 2 aliphatic rings. The number of imide groups is 1. The van der Waals surface area contributed by atoms with Crippen LogP contribution in [0.2, 0.25) is 0 Å². The highest BCUT2D eigenvalue weighted by Crippen LogP contribution is 2.39. The van der Waals surface area contributed by atoms with Crippen LogP contribution in [0.1, 0.15) is 51.5 Å². The molecular formula is C21H23N3O5. The van der Waals surface area contributed by atoms with Crippen LogP contribution >= 0.6 is 0 Å². The van der Waals surface area contributed by atoms with Crippen LogP contribution in [0.3, 0.4) is 0 Å². The summed E-state index contributed by atoms with van der Waals surface area (Å²) in [5.41, 5.74) is 0.758. The highest BCUT2D eigenvalue weighted by molar-refractivity contribution is 6.07. The van der Waals surface area contributed by atoms with Crippen molar-refractivity contribution in [2.75, 3.05) is 0 Å². The number of benzene rings is 1. The number of likely N-dealkylation sites (tertiary alicyclic amines) is 1. The minimum absolute atomic E-state index is 0.150. The third-order valence-corrected chi connectivity index (χ3v) is 5.71. The molecule has 1 saturated carbocycles. The summed E-state index contributed by atoms with van der Waals surface area (Å²) in [5.74, 6) is -1.32. The van der Waals surface area contributed by atoms with Crippen molar-refractivity contribution in [3.05, 3.63) is 36.2 Å². The van der Waals surface area contributed by atoms with E-state index in [-0.39, 0.29) is 29.5 Å². The lowest BCUT2D eigenvalue weighted by Crippen LogP contribution is -2.44. The molecule has 4 rings (SSSR count). The zero-order chi connectivity index (χ0) is 20.5. The van der Waals surface area contributed by atoms with E-state index < -0.39 is 18.1 Å². The third kappa shape index (κ3) is 3.54. The van der Waals surface area contributed by atoms with Crippen molar-refractivity contribution >= 4 is 17.8 Å². The minimum atomic E-state index is -0.987. The van der Waals surface area contributed by atoms with Gasteiger partial charge in [0, 0.05) is 5.56 Å². The molecule has 4 atom stereocenters. The molecular weight excluding hydrogens is 374 g/mol. The van der Waals surface area contributed by atoms with Crippen molar-refractivity contribution in [1.29, 1.82) is 0 Å². The molecule has 29 heavy (non-hydrogen) atoms. The van der Waals surface area contributed by atoms with Gasteiger partial charge in [0.05, 0.1) is 11.8 Å². The number of carbonyl (C=O) groups excluding carboxylic acids is 3. The SMILES string of the molecule is CC(OC(=O)[C@H](C)N1C(=O)C2CCCCC2C1=O)c1nnc(-c2ccccc2)o1. The molecule has 2 aromatic rings. The van der Waals surface area contributed by atoms with Crippen LogP contribution in [0.5, 0.6) is 0 Å².